The normalized spacial score (nSPS) is 17.8. The summed E-state index contributed by atoms with van der Waals surface area (Å²) in [5.74, 6) is 0. The van der Waals surface area contributed by atoms with Crippen molar-refractivity contribution in [1.82, 2.24) is 4.90 Å². The maximum atomic E-state index is 8.90. The zero-order valence-electron chi connectivity index (χ0n) is 11.9. The third-order valence-corrected chi connectivity index (χ3v) is 4.68. The molecular weight excluding hydrogens is 314 g/mol. The van der Waals surface area contributed by atoms with Crippen LogP contribution >= 0.6 is 15.9 Å². The van der Waals surface area contributed by atoms with Crippen LogP contribution in [0, 0.1) is 11.3 Å². The van der Waals surface area contributed by atoms with Crippen LogP contribution in [0.25, 0.3) is 0 Å². The predicted octanol–water partition coefficient (Wildman–Crippen LogP) is 3.61. The molecule has 1 aromatic rings. The molecule has 0 bridgehead atoms. The molecule has 2 unspecified atom stereocenters. The molecule has 20 heavy (non-hydrogen) atoms. The van der Waals surface area contributed by atoms with Crippen LogP contribution in [0.3, 0.4) is 0 Å². The van der Waals surface area contributed by atoms with Gasteiger partial charge in [0.25, 0.3) is 0 Å². The molecule has 2 rings (SSSR count). The van der Waals surface area contributed by atoms with E-state index in [1.165, 1.54) is 18.4 Å². The van der Waals surface area contributed by atoms with E-state index >= 15 is 0 Å². The Hall–Kier alpha value is -0.890. The molecule has 1 aromatic carbocycles. The van der Waals surface area contributed by atoms with Gasteiger partial charge in [-0.3, -0.25) is 4.90 Å². The highest BCUT2D eigenvalue weighted by molar-refractivity contribution is 9.10. The van der Waals surface area contributed by atoms with Crippen molar-refractivity contribution < 1.29 is 0 Å². The largest absolute Gasteiger partial charge is 0.326 e. The summed E-state index contributed by atoms with van der Waals surface area (Å²) >= 11 is 3.65. The molecule has 2 N–H and O–H groups in total. The fraction of sp³-hybridized carbons (Fsp3) is 0.562. The first-order chi connectivity index (χ1) is 9.69. The lowest BCUT2D eigenvalue weighted by atomic mass is 9.96. The molecule has 1 fully saturated rings. The van der Waals surface area contributed by atoms with Crippen LogP contribution in [0.5, 0.6) is 0 Å². The van der Waals surface area contributed by atoms with Crippen LogP contribution in [-0.4, -0.2) is 23.5 Å². The van der Waals surface area contributed by atoms with Gasteiger partial charge in [0.15, 0.2) is 0 Å². The van der Waals surface area contributed by atoms with Gasteiger partial charge in [-0.05, 0) is 30.9 Å². The van der Waals surface area contributed by atoms with E-state index in [9.17, 15) is 0 Å². The predicted molar refractivity (Wildman–Crippen MR) is 85.1 cm³/mol. The molecule has 108 valence electrons. The molecule has 4 heteroatoms. The molecule has 0 aliphatic heterocycles. The minimum Gasteiger partial charge on any atom is -0.326 e. The van der Waals surface area contributed by atoms with Crippen LogP contribution in [-0.2, 0) is 0 Å². The summed E-state index contributed by atoms with van der Waals surface area (Å²) in [6, 6.07) is 11.4. The van der Waals surface area contributed by atoms with E-state index in [0.29, 0.717) is 12.5 Å². The van der Waals surface area contributed by atoms with Gasteiger partial charge in [0.1, 0.15) is 0 Å². The summed E-state index contributed by atoms with van der Waals surface area (Å²) in [6.45, 7) is 2.94. The highest BCUT2D eigenvalue weighted by atomic mass is 79.9. The van der Waals surface area contributed by atoms with E-state index in [2.05, 4.69) is 52.0 Å². The first kappa shape index (κ1) is 15.5. The number of rotatable bonds is 7. The van der Waals surface area contributed by atoms with Crippen LogP contribution in [0.4, 0.5) is 0 Å². The minimum absolute atomic E-state index is 0.0907. The Morgan fingerprint density at radius 1 is 1.45 bits per heavy atom. The first-order valence-corrected chi connectivity index (χ1v) is 8.11. The standard InChI is InChI=1S/C16H22BrN3/c1-2-15(19)16(13-6-3-4-7-14(13)17)20(11-5-10-18)12-8-9-12/h3-4,6-7,12,15-16H,2,5,8-9,11,19H2,1H3. The fourth-order valence-electron chi connectivity index (χ4n) is 2.73. The molecule has 0 aromatic heterocycles. The molecule has 3 nitrogen and oxygen atoms in total. The lowest BCUT2D eigenvalue weighted by molar-refractivity contribution is 0.162. The zero-order valence-corrected chi connectivity index (χ0v) is 13.5. The Kier molecular flexibility index (Phi) is 5.59. The molecule has 0 spiro atoms. The van der Waals surface area contributed by atoms with Crippen LogP contribution in [0.15, 0.2) is 28.7 Å². The highest BCUT2D eigenvalue weighted by Crippen LogP contribution is 2.38. The third kappa shape index (κ3) is 3.60. The van der Waals surface area contributed by atoms with Crippen LogP contribution in [0.1, 0.15) is 44.2 Å². The van der Waals surface area contributed by atoms with E-state index in [0.717, 1.165) is 17.4 Å². The van der Waals surface area contributed by atoms with E-state index in [4.69, 9.17) is 11.0 Å². The smallest absolute Gasteiger partial charge is 0.0635 e. The number of hydrogen-bond acceptors (Lipinski definition) is 3. The number of nitrogens with two attached hydrogens (primary N) is 1. The van der Waals surface area contributed by atoms with Crippen molar-refractivity contribution >= 4 is 15.9 Å². The molecule has 0 radical (unpaired) electrons. The van der Waals surface area contributed by atoms with Crippen molar-refractivity contribution in [2.45, 2.75) is 50.7 Å². The Bertz CT molecular complexity index is 479. The third-order valence-electron chi connectivity index (χ3n) is 3.96. The summed E-state index contributed by atoms with van der Waals surface area (Å²) in [4.78, 5) is 2.44. The topological polar surface area (TPSA) is 53.0 Å². The average molecular weight is 336 g/mol. The summed E-state index contributed by atoms with van der Waals surface area (Å²) < 4.78 is 1.11. The number of nitriles is 1. The molecule has 0 saturated heterocycles. The molecule has 0 amide bonds. The lowest BCUT2D eigenvalue weighted by Gasteiger charge is -2.36. The number of nitrogens with zero attached hydrogens (tertiary/aromatic N) is 2. The number of hydrogen-bond donors (Lipinski definition) is 1. The van der Waals surface area contributed by atoms with Gasteiger partial charge >= 0.3 is 0 Å². The summed E-state index contributed by atoms with van der Waals surface area (Å²) in [5, 5.41) is 8.90. The fourth-order valence-corrected chi connectivity index (χ4v) is 3.25. The summed E-state index contributed by atoms with van der Waals surface area (Å²) in [7, 11) is 0. The second kappa shape index (κ2) is 7.21. The monoisotopic (exact) mass is 335 g/mol. The Morgan fingerprint density at radius 3 is 2.70 bits per heavy atom. The van der Waals surface area contributed by atoms with Crippen LogP contribution in [0.2, 0.25) is 0 Å². The van der Waals surface area contributed by atoms with Crippen molar-refractivity contribution in [2.75, 3.05) is 6.54 Å². The van der Waals surface area contributed by atoms with Crippen LogP contribution < -0.4 is 5.73 Å². The van der Waals surface area contributed by atoms with Gasteiger partial charge in [-0.1, -0.05) is 41.1 Å². The molecular formula is C16H22BrN3. The zero-order chi connectivity index (χ0) is 14.5. The lowest BCUT2D eigenvalue weighted by Crippen LogP contribution is -2.42. The molecule has 2 atom stereocenters. The quantitative estimate of drug-likeness (QED) is 0.828. The van der Waals surface area contributed by atoms with Gasteiger partial charge in [0.2, 0.25) is 0 Å². The summed E-state index contributed by atoms with van der Waals surface area (Å²) in [5.41, 5.74) is 7.65. The van der Waals surface area contributed by atoms with Crippen molar-refractivity contribution in [3.8, 4) is 6.07 Å². The van der Waals surface area contributed by atoms with Crippen molar-refractivity contribution in [3.63, 3.8) is 0 Å². The van der Waals surface area contributed by atoms with Gasteiger partial charge in [-0.15, -0.1) is 0 Å². The van der Waals surface area contributed by atoms with Gasteiger partial charge in [-0.2, -0.15) is 5.26 Å². The second-order valence-corrected chi connectivity index (χ2v) is 6.27. The molecule has 1 aliphatic rings. The Labute approximate surface area is 129 Å². The van der Waals surface area contributed by atoms with E-state index < -0.39 is 0 Å². The average Bonchev–Trinajstić information content (AvgIpc) is 3.28. The second-order valence-electron chi connectivity index (χ2n) is 5.42. The maximum Gasteiger partial charge on any atom is 0.0635 e. The van der Waals surface area contributed by atoms with E-state index in [1.807, 2.05) is 6.07 Å². The van der Waals surface area contributed by atoms with Crippen molar-refractivity contribution in [1.29, 1.82) is 5.26 Å². The Morgan fingerprint density at radius 2 is 2.15 bits per heavy atom. The molecule has 1 saturated carbocycles. The number of halogens is 1. The SMILES string of the molecule is CCC(N)C(c1ccccc1Br)N(CCC#N)C1CC1. The summed E-state index contributed by atoms with van der Waals surface area (Å²) in [6.07, 6.45) is 3.95. The molecule has 0 heterocycles. The van der Waals surface area contributed by atoms with E-state index in [1.54, 1.807) is 0 Å². The maximum absolute atomic E-state index is 8.90. The van der Waals surface area contributed by atoms with Crippen molar-refractivity contribution in [2.24, 2.45) is 5.73 Å². The number of benzene rings is 1. The highest BCUT2D eigenvalue weighted by Gasteiger charge is 2.37. The molecule has 1 aliphatic carbocycles. The Balaban J connectivity index is 2.30. The minimum atomic E-state index is 0.0907. The van der Waals surface area contributed by atoms with Gasteiger partial charge < -0.3 is 5.73 Å². The van der Waals surface area contributed by atoms with Crippen molar-refractivity contribution in [3.05, 3.63) is 34.3 Å². The van der Waals surface area contributed by atoms with Gasteiger partial charge in [0.05, 0.1) is 12.1 Å². The van der Waals surface area contributed by atoms with E-state index in [-0.39, 0.29) is 12.1 Å². The first-order valence-electron chi connectivity index (χ1n) is 7.31. The van der Waals surface area contributed by atoms with Gasteiger partial charge in [0, 0.05) is 29.5 Å². The van der Waals surface area contributed by atoms with Gasteiger partial charge in [-0.25, -0.2) is 0 Å².